The first-order chi connectivity index (χ1) is 9.97. The highest BCUT2D eigenvalue weighted by Gasteiger charge is 2.14. The van der Waals surface area contributed by atoms with Crippen molar-refractivity contribution in [3.05, 3.63) is 65.4 Å². The molecule has 0 aliphatic heterocycles. The highest BCUT2D eigenvalue weighted by atomic mass is 19.1. The maximum Gasteiger partial charge on any atom is 0.126 e. The molecule has 0 radical (unpaired) electrons. The summed E-state index contributed by atoms with van der Waals surface area (Å²) in [5.74, 6) is -0.177. The summed E-state index contributed by atoms with van der Waals surface area (Å²) in [7, 11) is 0. The van der Waals surface area contributed by atoms with E-state index in [1.807, 2.05) is 12.1 Å². The second-order valence-electron chi connectivity index (χ2n) is 5.70. The van der Waals surface area contributed by atoms with Gasteiger partial charge in [-0.1, -0.05) is 13.8 Å². The van der Waals surface area contributed by atoms with E-state index in [1.54, 1.807) is 19.1 Å². The van der Waals surface area contributed by atoms with Crippen molar-refractivity contribution in [2.45, 2.75) is 26.7 Å². The predicted molar refractivity (Wildman–Crippen MR) is 82.0 cm³/mol. The third-order valence-electron chi connectivity index (χ3n) is 3.78. The Kier molecular flexibility index (Phi) is 3.28. The number of fused-ring (bicyclic) bond motifs is 1. The third-order valence-corrected chi connectivity index (χ3v) is 3.78. The Morgan fingerprint density at radius 2 is 1.71 bits per heavy atom. The van der Waals surface area contributed by atoms with Crippen molar-refractivity contribution in [1.82, 2.24) is 4.57 Å². The van der Waals surface area contributed by atoms with Crippen molar-refractivity contribution in [1.29, 1.82) is 0 Å². The Morgan fingerprint density at radius 3 is 2.38 bits per heavy atom. The minimum absolute atomic E-state index is 0.215. The molecule has 0 aliphatic rings. The first-order valence-corrected chi connectivity index (χ1v) is 7.05. The number of aryl methyl sites for hydroxylation is 1. The summed E-state index contributed by atoms with van der Waals surface area (Å²) in [4.78, 5) is 0. The lowest BCUT2D eigenvalue weighted by molar-refractivity contribution is 0.618. The molecule has 0 bridgehead atoms. The van der Waals surface area contributed by atoms with Crippen molar-refractivity contribution in [2.24, 2.45) is 0 Å². The summed E-state index contributed by atoms with van der Waals surface area (Å²) >= 11 is 0. The van der Waals surface area contributed by atoms with Gasteiger partial charge < -0.3 is 4.57 Å². The molecule has 0 amide bonds. The first kappa shape index (κ1) is 13.8. The second kappa shape index (κ2) is 4.99. The highest BCUT2D eigenvalue weighted by Crippen LogP contribution is 2.30. The normalized spacial score (nSPS) is 11.5. The molecule has 0 N–H and O–H groups in total. The van der Waals surface area contributed by atoms with E-state index in [0.29, 0.717) is 5.56 Å². The largest absolute Gasteiger partial charge is 0.313 e. The van der Waals surface area contributed by atoms with E-state index in [9.17, 15) is 8.78 Å². The van der Waals surface area contributed by atoms with Crippen LogP contribution in [0.3, 0.4) is 0 Å². The zero-order valence-electron chi connectivity index (χ0n) is 12.3. The van der Waals surface area contributed by atoms with E-state index in [1.165, 1.54) is 18.2 Å². The summed E-state index contributed by atoms with van der Waals surface area (Å²) in [5, 5.41) is 0.862. The molecular weight excluding hydrogens is 268 g/mol. The zero-order valence-corrected chi connectivity index (χ0v) is 12.3. The Bertz CT molecular complexity index is 815. The van der Waals surface area contributed by atoms with Crippen LogP contribution in [-0.2, 0) is 0 Å². The number of hydrogen-bond acceptors (Lipinski definition) is 0. The van der Waals surface area contributed by atoms with E-state index >= 15 is 0 Å². The lowest BCUT2D eigenvalue weighted by Crippen LogP contribution is -2.02. The summed E-state index contributed by atoms with van der Waals surface area (Å²) in [6.45, 7) is 5.94. The van der Waals surface area contributed by atoms with Gasteiger partial charge in [0.05, 0.1) is 5.52 Å². The van der Waals surface area contributed by atoms with Gasteiger partial charge in [0, 0.05) is 16.8 Å². The lowest BCUT2D eigenvalue weighted by atomic mass is 10.1. The highest BCUT2D eigenvalue weighted by molar-refractivity contribution is 5.83. The average molecular weight is 285 g/mol. The Morgan fingerprint density at radius 1 is 0.952 bits per heavy atom. The van der Waals surface area contributed by atoms with Crippen molar-refractivity contribution in [3.8, 4) is 5.69 Å². The molecule has 21 heavy (non-hydrogen) atoms. The molecule has 2 aromatic carbocycles. The standard InChI is InChI=1S/C18H17F2N/c1-11(2)18-10-13-9-14(19)4-7-17(13)21(18)15-5-6-16(20)12(3)8-15/h4-11H,1-3H3. The maximum atomic E-state index is 13.5. The molecule has 0 aliphatic carbocycles. The molecule has 1 aromatic heterocycles. The molecule has 1 nitrogen and oxygen atoms in total. The summed E-state index contributed by atoms with van der Waals surface area (Å²) < 4.78 is 29.0. The van der Waals surface area contributed by atoms with Gasteiger partial charge in [-0.05, 0) is 60.9 Å². The molecule has 3 aromatic rings. The van der Waals surface area contributed by atoms with Crippen LogP contribution in [0.2, 0.25) is 0 Å². The molecule has 0 saturated carbocycles. The number of hydrogen-bond donors (Lipinski definition) is 0. The fourth-order valence-electron chi connectivity index (χ4n) is 2.69. The minimum Gasteiger partial charge on any atom is -0.313 e. The number of nitrogens with zero attached hydrogens (tertiary/aromatic N) is 1. The quantitative estimate of drug-likeness (QED) is 0.599. The van der Waals surface area contributed by atoms with E-state index < -0.39 is 0 Å². The monoisotopic (exact) mass is 285 g/mol. The lowest BCUT2D eigenvalue weighted by Gasteiger charge is -2.14. The molecule has 0 atom stereocenters. The SMILES string of the molecule is Cc1cc(-n2c(C(C)C)cc3cc(F)ccc32)ccc1F. The number of rotatable bonds is 2. The Hall–Kier alpha value is -2.16. The van der Waals surface area contributed by atoms with Crippen LogP contribution >= 0.6 is 0 Å². The molecule has 0 unspecified atom stereocenters. The Balaban J connectivity index is 2.33. The molecule has 108 valence electrons. The van der Waals surface area contributed by atoms with Crippen LogP contribution < -0.4 is 0 Å². The molecule has 3 heteroatoms. The van der Waals surface area contributed by atoms with Gasteiger partial charge in [0.1, 0.15) is 11.6 Å². The van der Waals surface area contributed by atoms with Gasteiger partial charge in [0.25, 0.3) is 0 Å². The first-order valence-electron chi connectivity index (χ1n) is 7.05. The van der Waals surface area contributed by atoms with Crippen molar-refractivity contribution < 1.29 is 8.78 Å². The van der Waals surface area contributed by atoms with Crippen LogP contribution in [0.15, 0.2) is 42.5 Å². The topological polar surface area (TPSA) is 4.93 Å². The van der Waals surface area contributed by atoms with E-state index in [2.05, 4.69) is 18.4 Å². The molecule has 3 rings (SSSR count). The molecule has 0 fully saturated rings. The van der Waals surface area contributed by atoms with E-state index in [-0.39, 0.29) is 17.6 Å². The number of halogens is 2. The van der Waals surface area contributed by atoms with Crippen LogP contribution in [0.5, 0.6) is 0 Å². The van der Waals surface area contributed by atoms with E-state index in [4.69, 9.17) is 0 Å². The van der Waals surface area contributed by atoms with Crippen LogP contribution in [0.4, 0.5) is 8.78 Å². The van der Waals surface area contributed by atoms with Crippen molar-refractivity contribution in [2.75, 3.05) is 0 Å². The second-order valence-corrected chi connectivity index (χ2v) is 5.70. The van der Waals surface area contributed by atoms with Gasteiger partial charge >= 0.3 is 0 Å². The van der Waals surface area contributed by atoms with Crippen LogP contribution in [0.1, 0.15) is 31.0 Å². The van der Waals surface area contributed by atoms with Gasteiger partial charge in [-0.3, -0.25) is 0 Å². The molecule has 0 saturated heterocycles. The van der Waals surface area contributed by atoms with Gasteiger partial charge in [0.15, 0.2) is 0 Å². The van der Waals surface area contributed by atoms with Crippen LogP contribution in [0, 0.1) is 18.6 Å². The summed E-state index contributed by atoms with van der Waals surface area (Å²) in [5.41, 5.74) is 3.53. The predicted octanol–water partition coefficient (Wildman–Crippen LogP) is 5.34. The van der Waals surface area contributed by atoms with Crippen molar-refractivity contribution >= 4 is 10.9 Å². The van der Waals surface area contributed by atoms with Crippen LogP contribution in [-0.4, -0.2) is 4.57 Å². The molecular formula is C18H17F2N. The maximum absolute atomic E-state index is 13.5. The summed E-state index contributed by atoms with van der Waals surface area (Å²) in [6, 6.07) is 11.8. The fraction of sp³-hybridized carbons (Fsp3) is 0.222. The molecule has 0 spiro atoms. The van der Waals surface area contributed by atoms with Gasteiger partial charge in [-0.15, -0.1) is 0 Å². The smallest absolute Gasteiger partial charge is 0.126 e. The van der Waals surface area contributed by atoms with Gasteiger partial charge in [-0.2, -0.15) is 0 Å². The number of aromatic nitrogens is 1. The van der Waals surface area contributed by atoms with Gasteiger partial charge in [0.2, 0.25) is 0 Å². The summed E-state index contributed by atoms with van der Waals surface area (Å²) in [6.07, 6.45) is 0. The van der Waals surface area contributed by atoms with E-state index in [0.717, 1.165) is 22.3 Å². The minimum atomic E-state index is -0.245. The Labute approximate surface area is 122 Å². The van der Waals surface area contributed by atoms with Crippen molar-refractivity contribution in [3.63, 3.8) is 0 Å². The molecule has 1 heterocycles. The number of benzene rings is 2. The van der Waals surface area contributed by atoms with Gasteiger partial charge in [-0.25, -0.2) is 8.78 Å². The average Bonchev–Trinajstić information content (AvgIpc) is 2.80. The fourth-order valence-corrected chi connectivity index (χ4v) is 2.69. The van der Waals surface area contributed by atoms with Crippen LogP contribution in [0.25, 0.3) is 16.6 Å². The zero-order chi connectivity index (χ0) is 15.1. The third kappa shape index (κ3) is 2.33.